The van der Waals surface area contributed by atoms with E-state index in [1.807, 2.05) is 0 Å². The fourth-order valence-electron chi connectivity index (χ4n) is 1.33. The Kier molecular flexibility index (Phi) is 4.78. The van der Waals surface area contributed by atoms with Crippen molar-refractivity contribution in [1.82, 2.24) is 0 Å². The van der Waals surface area contributed by atoms with E-state index in [1.165, 1.54) is 18.2 Å². The molecular weight excluding hydrogens is 265 g/mol. The number of halogens is 2. The SMILES string of the molecule is CCC(C(=O)O)C(=O)Nc1cc(Cl)cc(Cl)c1. The summed E-state index contributed by atoms with van der Waals surface area (Å²) in [5, 5.41) is 12.0. The van der Waals surface area contributed by atoms with Gasteiger partial charge >= 0.3 is 5.97 Å². The lowest BCUT2D eigenvalue weighted by Gasteiger charge is -2.11. The molecule has 1 rings (SSSR count). The second kappa shape index (κ2) is 5.89. The number of hydrogen-bond donors (Lipinski definition) is 2. The highest BCUT2D eigenvalue weighted by Gasteiger charge is 2.24. The Labute approximate surface area is 109 Å². The molecule has 92 valence electrons. The van der Waals surface area contributed by atoms with Gasteiger partial charge in [-0.2, -0.15) is 0 Å². The van der Waals surface area contributed by atoms with Crippen molar-refractivity contribution in [1.29, 1.82) is 0 Å². The lowest BCUT2D eigenvalue weighted by molar-refractivity contribution is -0.145. The Bertz CT molecular complexity index is 428. The molecule has 0 saturated heterocycles. The molecule has 0 aliphatic heterocycles. The van der Waals surface area contributed by atoms with Crippen LogP contribution in [-0.4, -0.2) is 17.0 Å². The first-order valence-electron chi connectivity index (χ1n) is 4.93. The zero-order valence-corrected chi connectivity index (χ0v) is 10.5. The van der Waals surface area contributed by atoms with E-state index in [1.54, 1.807) is 6.92 Å². The first-order chi connectivity index (χ1) is 7.93. The first kappa shape index (κ1) is 13.8. The van der Waals surface area contributed by atoms with E-state index < -0.39 is 17.8 Å². The number of carbonyl (C=O) groups excluding carboxylic acids is 1. The van der Waals surface area contributed by atoms with E-state index in [0.717, 1.165) is 0 Å². The molecule has 0 aromatic heterocycles. The lowest BCUT2D eigenvalue weighted by Crippen LogP contribution is -2.28. The molecule has 2 N–H and O–H groups in total. The minimum atomic E-state index is -1.15. The molecule has 1 aromatic rings. The standard InChI is InChI=1S/C11H11Cl2NO3/c1-2-9(11(16)17)10(15)14-8-4-6(12)3-7(13)5-8/h3-5,9H,2H2,1H3,(H,14,15)(H,16,17). The minimum Gasteiger partial charge on any atom is -0.481 e. The van der Waals surface area contributed by atoms with E-state index in [0.29, 0.717) is 15.7 Å². The molecule has 17 heavy (non-hydrogen) atoms. The van der Waals surface area contributed by atoms with Crippen LogP contribution >= 0.6 is 23.2 Å². The Hall–Kier alpha value is -1.26. The normalized spacial score (nSPS) is 11.9. The molecule has 6 heteroatoms. The van der Waals surface area contributed by atoms with E-state index in [-0.39, 0.29) is 6.42 Å². The number of amides is 1. The number of rotatable bonds is 4. The molecule has 1 unspecified atom stereocenters. The average molecular weight is 276 g/mol. The summed E-state index contributed by atoms with van der Waals surface area (Å²) in [6, 6.07) is 4.52. The fraction of sp³-hybridized carbons (Fsp3) is 0.273. The van der Waals surface area contributed by atoms with Crippen molar-refractivity contribution < 1.29 is 14.7 Å². The van der Waals surface area contributed by atoms with Crippen LogP contribution in [0.25, 0.3) is 0 Å². The van der Waals surface area contributed by atoms with Crippen molar-refractivity contribution in [3.63, 3.8) is 0 Å². The number of benzene rings is 1. The highest BCUT2D eigenvalue weighted by atomic mass is 35.5. The average Bonchev–Trinajstić information content (AvgIpc) is 2.15. The summed E-state index contributed by atoms with van der Waals surface area (Å²) in [6.07, 6.45) is 0.218. The smallest absolute Gasteiger partial charge is 0.316 e. The van der Waals surface area contributed by atoms with Gasteiger partial charge in [-0.15, -0.1) is 0 Å². The van der Waals surface area contributed by atoms with Gasteiger partial charge in [0.1, 0.15) is 5.92 Å². The Morgan fingerprint density at radius 2 is 1.82 bits per heavy atom. The third-order valence-corrected chi connectivity index (χ3v) is 2.59. The van der Waals surface area contributed by atoms with Gasteiger partial charge in [-0.05, 0) is 24.6 Å². The molecule has 4 nitrogen and oxygen atoms in total. The van der Waals surface area contributed by atoms with Crippen LogP contribution in [0.5, 0.6) is 0 Å². The van der Waals surface area contributed by atoms with Gasteiger partial charge in [-0.1, -0.05) is 30.1 Å². The van der Waals surface area contributed by atoms with Crippen molar-refractivity contribution in [2.45, 2.75) is 13.3 Å². The quantitative estimate of drug-likeness (QED) is 0.830. The monoisotopic (exact) mass is 275 g/mol. The van der Waals surface area contributed by atoms with Gasteiger partial charge in [-0.3, -0.25) is 9.59 Å². The van der Waals surface area contributed by atoms with Gasteiger partial charge in [0.15, 0.2) is 0 Å². The molecule has 1 atom stereocenters. The summed E-state index contributed by atoms with van der Waals surface area (Å²) >= 11 is 11.5. The predicted octanol–water partition coefficient (Wildman–Crippen LogP) is 3.04. The van der Waals surface area contributed by atoms with Crippen LogP contribution < -0.4 is 5.32 Å². The van der Waals surface area contributed by atoms with Gasteiger partial charge in [-0.25, -0.2) is 0 Å². The third kappa shape index (κ3) is 3.91. The van der Waals surface area contributed by atoms with Crippen LogP contribution in [0.3, 0.4) is 0 Å². The first-order valence-corrected chi connectivity index (χ1v) is 5.69. The molecule has 1 aromatic carbocycles. The molecule has 0 fully saturated rings. The van der Waals surface area contributed by atoms with Gasteiger partial charge in [0, 0.05) is 15.7 Å². The highest BCUT2D eigenvalue weighted by molar-refractivity contribution is 6.35. The second-order valence-electron chi connectivity index (χ2n) is 3.45. The van der Waals surface area contributed by atoms with Crippen LogP contribution in [0, 0.1) is 5.92 Å². The summed E-state index contributed by atoms with van der Waals surface area (Å²) in [6.45, 7) is 1.63. The number of anilines is 1. The second-order valence-corrected chi connectivity index (χ2v) is 4.32. The summed E-state index contributed by atoms with van der Waals surface area (Å²) in [7, 11) is 0. The van der Waals surface area contributed by atoms with E-state index in [4.69, 9.17) is 28.3 Å². The number of hydrogen-bond acceptors (Lipinski definition) is 2. The zero-order valence-electron chi connectivity index (χ0n) is 9.04. The maximum Gasteiger partial charge on any atom is 0.316 e. The van der Waals surface area contributed by atoms with Crippen molar-refractivity contribution in [2.24, 2.45) is 5.92 Å². The van der Waals surface area contributed by atoms with Gasteiger partial charge in [0.2, 0.25) is 5.91 Å². The van der Waals surface area contributed by atoms with E-state index >= 15 is 0 Å². The summed E-state index contributed by atoms with van der Waals surface area (Å²) in [5.41, 5.74) is 0.382. The Balaban J connectivity index is 2.83. The van der Waals surface area contributed by atoms with Crippen LogP contribution in [0.2, 0.25) is 10.0 Å². The molecule has 0 bridgehead atoms. The van der Waals surface area contributed by atoms with Gasteiger partial charge in [0.05, 0.1) is 0 Å². The molecule has 0 spiro atoms. The molecule has 0 heterocycles. The van der Waals surface area contributed by atoms with Crippen LogP contribution in [0.15, 0.2) is 18.2 Å². The minimum absolute atomic E-state index is 0.218. The number of carboxylic acid groups (broad SMARTS) is 1. The predicted molar refractivity (Wildman–Crippen MR) is 66.5 cm³/mol. The highest BCUT2D eigenvalue weighted by Crippen LogP contribution is 2.23. The van der Waals surface area contributed by atoms with Crippen molar-refractivity contribution in [3.8, 4) is 0 Å². The molecule has 0 radical (unpaired) electrons. The van der Waals surface area contributed by atoms with Crippen molar-refractivity contribution in [3.05, 3.63) is 28.2 Å². The van der Waals surface area contributed by atoms with Crippen molar-refractivity contribution >= 4 is 40.8 Å². The van der Waals surface area contributed by atoms with Crippen LogP contribution in [0.4, 0.5) is 5.69 Å². The van der Waals surface area contributed by atoms with Crippen LogP contribution in [-0.2, 0) is 9.59 Å². The number of carboxylic acids is 1. The maximum atomic E-state index is 11.6. The summed E-state index contributed by atoms with van der Waals surface area (Å²) in [5.74, 6) is -2.82. The summed E-state index contributed by atoms with van der Waals surface area (Å²) in [4.78, 5) is 22.4. The van der Waals surface area contributed by atoms with Gasteiger partial charge in [0.25, 0.3) is 0 Å². The molecular formula is C11H11Cl2NO3. The molecule has 1 amide bonds. The van der Waals surface area contributed by atoms with E-state index in [9.17, 15) is 9.59 Å². The van der Waals surface area contributed by atoms with Gasteiger partial charge < -0.3 is 10.4 Å². The maximum absolute atomic E-state index is 11.6. The van der Waals surface area contributed by atoms with Crippen molar-refractivity contribution in [2.75, 3.05) is 5.32 Å². The number of aliphatic carboxylic acids is 1. The Morgan fingerprint density at radius 3 is 2.24 bits per heavy atom. The topological polar surface area (TPSA) is 66.4 Å². The largest absolute Gasteiger partial charge is 0.481 e. The Morgan fingerprint density at radius 1 is 1.29 bits per heavy atom. The lowest BCUT2D eigenvalue weighted by atomic mass is 10.1. The number of nitrogens with one attached hydrogen (secondary N) is 1. The molecule has 0 aliphatic rings. The van der Waals surface area contributed by atoms with Crippen LogP contribution in [0.1, 0.15) is 13.3 Å². The molecule has 0 saturated carbocycles. The third-order valence-electron chi connectivity index (χ3n) is 2.15. The fourth-order valence-corrected chi connectivity index (χ4v) is 1.85. The summed E-state index contributed by atoms with van der Waals surface area (Å²) < 4.78 is 0. The molecule has 0 aliphatic carbocycles. The zero-order chi connectivity index (χ0) is 13.0. The number of carbonyl (C=O) groups is 2. The van der Waals surface area contributed by atoms with E-state index in [2.05, 4.69) is 5.32 Å².